The van der Waals surface area contributed by atoms with Crippen LogP contribution in [0.5, 0.6) is 0 Å². The normalized spacial score (nSPS) is 15.9. The number of nitrogens with two attached hydrogens (primary N) is 1. The fourth-order valence-corrected chi connectivity index (χ4v) is 1.86. The molecule has 2 atom stereocenters. The lowest BCUT2D eigenvalue weighted by atomic mass is 10.3. The van der Waals surface area contributed by atoms with E-state index in [9.17, 15) is 4.21 Å². The van der Waals surface area contributed by atoms with Crippen LogP contribution in [0.25, 0.3) is 0 Å². The summed E-state index contributed by atoms with van der Waals surface area (Å²) in [7, 11) is -0.747. The first-order valence-corrected chi connectivity index (χ1v) is 5.84. The molecule has 12 heavy (non-hydrogen) atoms. The predicted octanol–water partition coefficient (Wildman–Crippen LogP) is 0.509. The molecular weight excluding hydrogens is 174 g/mol. The van der Waals surface area contributed by atoms with Gasteiger partial charge in [0.1, 0.15) is 0 Å². The minimum atomic E-state index is -0.747. The number of hydrogen-bond acceptors (Lipinski definition) is 3. The zero-order valence-electron chi connectivity index (χ0n) is 7.91. The van der Waals surface area contributed by atoms with E-state index in [1.807, 2.05) is 13.8 Å². The van der Waals surface area contributed by atoms with E-state index in [1.165, 1.54) is 0 Å². The van der Waals surface area contributed by atoms with Crippen LogP contribution in [0.2, 0.25) is 0 Å². The quantitative estimate of drug-likeness (QED) is 0.599. The third-order valence-corrected chi connectivity index (χ3v) is 2.77. The van der Waals surface area contributed by atoms with Gasteiger partial charge < -0.3 is 10.5 Å². The van der Waals surface area contributed by atoms with Gasteiger partial charge in [0.05, 0.1) is 6.61 Å². The van der Waals surface area contributed by atoms with E-state index < -0.39 is 10.8 Å². The van der Waals surface area contributed by atoms with Crippen molar-refractivity contribution >= 4 is 10.8 Å². The monoisotopic (exact) mass is 193 g/mol. The minimum absolute atomic E-state index is 0.154. The molecule has 0 amide bonds. The maximum Gasteiger partial charge on any atom is 0.0581 e. The van der Waals surface area contributed by atoms with Gasteiger partial charge in [-0.3, -0.25) is 4.21 Å². The van der Waals surface area contributed by atoms with Gasteiger partial charge in [-0.2, -0.15) is 0 Å². The maximum atomic E-state index is 11.2. The third-order valence-electron chi connectivity index (χ3n) is 1.46. The van der Waals surface area contributed by atoms with Crippen molar-refractivity contribution in [1.29, 1.82) is 0 Å². The van der Waals surface area contributed by atoms with Crippen molar-refractivity contribution < 1.29 is 8.95 Å². The molecule has 0 saturated carbocycles. The summed E-state index contributed by atoms with van der Waals surface area (Å²) in [6.07, 6.45) is 0.832. The van der Waals surface area contributed by atoms with E-state index in [2.05, 4.69) is 0 Å². The van der Waals surface area contributed by atoms with Gasteiger partial charge in [-0.25, -0.2) is 0 Å². The largest absolute Gasteiger partial charge is 0.381 e. The summed E-state index contributed by atoms with van der Waals surface area (Å²) >= 11 is 0. The molecule has 0 spiro atoms. The summed E-state index contributed by atoms with van der Waals surface area (Å²) in [6.45, 7) is 5.16. The molecule has 0 fully saturated rings. The van der Waals surface area contributed by atoms with Crippen LogP contribution in [0.4, 0.5) is 0 Å². The lowest BCUT2D eigenvalue weighted by Crippen LogP contribution is -2.19. The Bertz CT molecular complexity index is 128. The molecule has 74 valence electrons. The molecule has 3 nitrogen and oxygen atoms in total. The van der Waals surface area contributed by atoms with Crippen molar-refractivity contribution in [3.8, 4) is 0 Å². The molecule has 4 heteroatoms. The van der Waals surface area contributed by atoms with Gasteiger partial charge >= 0.3 is 0 Å². The van der Waals surface area contributed by atoms with Crippen molar-refractivity contribution in [2.45, 2.75) is 26.3 Å². The van der Waals surface area contributed by atoms with Crippen LogP contribution in [-0.4, -0.2) is 35.0 Å². The summed E-state index contributed by atoms with van der Waals surface area (Å²) in [5, 5.41) is 0. The van der Waals surface area contributed by atoms with Crippen molar-refractivity contribution in [3.63, 3.8) is 0 Å². The third kappa shape index (κ3) is 8.17. The molecule has 2 unspecified atom stereocenters. The van der Waals surface area contributed by atoms with E-state index in [1.54, 1.807) is 0 Å². The predicted molar refractivity (Wildman–Crippen MR) is 52.6 cm³/mol. The van der Waals surface area contributed by atoms with Gasteiger partial charge in [-0.15, -0.1) is 0 Å². The summed E-state index contributed by atoms with van der Waals surface area (Å²) in [4.78, 5) is 0. The van der Waals surface area contributed by atoms with Crippen LogP contribution in [-0.2, 0) is 15.5 Å². The minimum Gasteiger partial charge on any atom is -0.381 e. The van der Waals surface area contributed by atoms with Crippen LogP contribution in [0.1, 0.15) is 20.3 Å². The van der Waals surface area contributed by atoms with Crippen molar-refractivity contribution in [2.24, 2.45) is 5.73 Å². The van der Waals surface area contributed by atoms with Crippen molar-refractivity contribution in [2.75, 3.05) is 24.7 Å². The highest BCUT2D eigenvalue weighted by atomic mass is 32.2. The summed E-state index contributed by atoms with van der Waals surface area (Å²) in [5.74, 6) is 1.34. The Morgan fingerprint density at radius 2 is 2.17 bits per heavy atom. The van der Waals surface area contributed by atoms with Gasteiger partial charge in [0.25, 0.3) is 0 Å². The highest BCUT2D eigenvalue weighted by Gasteiger charge is 2.01. The molecule has 0 saturated heterocycles. The number of ether oxygens (including phenoxy) is 1. The van der Waals surface area contributed by atoms with E-state index >= 15 is 0 Å². The zero-order chi connectivity index (χ0) is 9.40. The van der Waals surface area contributed by atoms with Gasteiger partial charge in [0.15, 0.2) is 0 Å². The van der Waals surface area contributed by atoms with Crippen LogP contribution in [0, 0.1) is 0 Å². The fraction of sp³-hybridized carbons (Fsp3) is 1.00. The first kappa shape index (κ1) is 12.1. The Hall–Kier alpha value is 0.0700. The first-order valence-electron chi connectivity index (χ1n) is 4.35. The molecular formula is C8H19NO2S. The Morgan fingerprint density at radius 1 is 1.50 bits per heavy atom. The number of hydrogen-bond donors (Lipinski definition) is 1. The first-order chi connectivity index (χ1) is 5.66. The summed E-state index contributed by atoms with van der Waals surface area (Å²) in [5.41, 5.74) is 5.53. The van der Waals surface area contributed by atoms with E-state index in [4.69, 9.17) is 10.5 Å². The Kier molecular flexibility index (Phi) is 7.75. The summed E-state index contributed by atoms with van der Waals surface area (Å²) in [6, 6.07) is 0.154. The molecule has 0 radical (unpaired) electrons. The van der Waals surface area contributed by atoms with Crippen LogP contribution >= 0.6 is 0 Å². The second-order valence-electron chi connectivity index (χ2n) is 2.81. The second-order valence-corrected chi connectivity index (χ2v) is 4.51. The Balaban J connectivity index is 3.22. The molecule has 0 bridgehead atoms. The van der Waals surface area contributed by atoms with Gasteiger partial charge in [0.2, 0.25) is 0 Å². The van der Waals surface area contributed by atoms with E-state index in [0.717, 1.165) is 6.42 Å². The van der Waals surface area contributed by atoms with Gasteiger partial charge in [-0.05, 0) is 20.3 Å². The second kappa shape index (κ2) is 7.71. The van der Waals surface area contributed by atoms with Crippen LogP contribution in [0.3, 0.4) is 0 Å². The topological polar surface area (TPSA) is 52.3 Å². The fourth-order valence-electron chi connectivity index (χ4n) is 0.716. The lowest BCUT2D eigenvalue weighted by molar-refractivity contribution is 0.164. The van der Waals surface area contributed by atoms with Crippen LogP contribution in [0.15, 0.2) is 0 Å². The molecule has 0 aromatic rings. The molecule has 2 N–H and O–H groups in total. The lowest BCUT2D eigenvalue weighted by Gasteiger charge is -2.04. The smallest absolute Gasteiger partial charge is 0.0581 e. The molecule has 0 aliphatic heterocycles. The van der Waals surface area contributed by atoms with Gasteiger partial charge in [-0.1, -0.05) is 0 Å². The number of rotatable bonds is 7. The van der Waals surface area contributed by atoms with E-state index in [-0.39, 0.29) is 6.04 Å². The summed E-state index contributed by atoms with van der Waals surface area (Å²) < 4.78 is 16.3. The average molecular weight is 193 g/mol. The highest BCUT2D eigenvalue weighted by molar-refractivity contribution is 7.84. The molecule has 0 aromatic carbocycles. The molecule has 0 aliphatic carbocycles. The van der Waals surface area contributed by atoms with Crippen molar-refractivity contribution in [1.82, 2.24) is 0 Å². The van der Waals surface area contributed by atoms with E-state index in [0.29, 0.717) is 24.7 Å². The Labute approximate surface area is 77.1 Å². The molecule has 0 aliphatic rings. The standard InChI is InChI=1S/C8H19NO2S/c1-3-11-5-7-12(10)6-4-8(2)9/h8H,3-7,9H2,1-2H3. The molecule has 0 rings (SSSR count). The average Bonchev–Trinajstić information content (AvgIpc) is 2.01. The zero-order valence-corrected chi connectivity index (χ0v) is 8.73. The van der Waals surface area contributed by atoms with Gasteiger partial charge in [0, 0.05) is 35.0 Å². The SMILES string of the molecule is CCOCCS(=O)CCC(C)N. The van der Waals surface area contributed by atoms with Crippen molar-refractivity contribution in [3.05, 3.63) is 0 Å². The highest BCUT2D eigenvalue weighted by Crippen LogP contribution is 1.91. The maximum absolute atomic E-state index is 11.2. The molecule has 0 heterocycles. The Morgan fingerprint density at radius 3 is 2.67 bits per heavy atom. The van der Waals surface area contributed by atoms with Crippen LogP contribution < -0.4 is 5.73 Å². The molecule has 0 aromatic heterocycles.